The molecule has 8 aromatic carbocycles. The largest absolute Gasteiger partial charge is 0.454 e. The molecular weight excluding hydrogens is 715 g/mol. The van der Waals surface area contributed by atoms with Crippen LogP contribution in [0, 0.1) is 0 Å². The molecular formula is C52H31N3OS. The maximum absolute atomic E-state index is 7.16. The molecule has 0 amide bonds. The first-order valence-electron chi connectivity index (χ1n) is 19.2. The number of benzene rings is 8. The van der Waals surface area contributed by atoms with Gasteiger partial charge in [0.05, 0.1) is 15.9 Å². The smallest absolute Gasteiger partial charge is 0.167 e. The van der Waals surface area contributed by atoms with E-state index < -0.39 is 5.41 Å². The van der Waals surface area contributed by atoms with Crippen LogP contribution >= 0.6 is 11.8 Å². The molecule has 0 unspecified atom stereocenters. The van der Waals surface area contributed by atoms with Crippen LogP contribution in [0.25, 0.3) is 78.4 Å². The maximum atomic E-state index is 7.16. The second-order valence-corrected chi connectivity index (χ2v) is 15.7. The lowest BCUT2D eigenvalue weighted by atomic mass is 9.67. The molecule has 0 saturated heterocycles. The van der Waals surface area contributed by atoms with Crippen LogP contribution in [-0.4, -0.2) is 15.0 Å². The van der Waals surface area contributed by atoms with Crippen LogP contribution < -0.4 is 0 Å². The molecule has 2 aromatic heterocycles. The van der Waals surface area contributed by atoms with Crippen molar-refractivity contribution in [2.75, 3.05) is 0 Å². The molecule has 266 valence electrons. The van der Waals surface area contributed by atoms with E-state index in [9.17, 15) is 0 Å². The fraction of sp³-hybridized carbons (Fsp3) is 0.0192. The minimum atomic E-state index is -0.482. The molecule has 0 bridgehead atoms. The first kappa shape index (κ1) is 32.2. The van der Waals surface area contributed by atoms with E-state index in [0.29, 0.717) is 17.5 Å². The molecule has 57 heavy (non-hydrogen) atoms. The van der Waals surface area contributed by atoms with Gasteiger partial charge in [0.15, 0.2) is 17.5 Å². The summed E-state index contributed by atoms with van der Waals surface area (Å²) in [6, 6.07) is 66.5. The summed E-state index contributed by atoms with van der Waals surface area (Å²) >= 11 is 1.80. The van der Waals surface area contributed by atoms with Gasteiger partial charge in [-0.05, 0) is 56.6 Å². The summed E-state index contributed by atoms with van der Waals surface area (Å²) in [4.78, 5) is 17.7. The van der Waals surface area contributed by atoms with E-state index in [1.807, 2.05) is 36.4 Å². The lowest BCUT2D eigenvalue weighted by Gasteiger charge is -2.39. The molecule has 0 fully saturated rings. The van der Waals surface area contributed by atoms with Gasteiger partial charge in [-0.2, -0.15) is 0 Å². The van der Waals surface area contributed by atoms with Crippen molar-refractivity contribution in [2.24, 2.45) is 0 Å². The first-order chi connectivity index (χ1) is 28.3. The fourth-order valence-corrected chi connectivity index (χ4v) is 10.4. The molecule has 0 atom stereocenters. The lowest BCUT2D eigenvalue weighted by molar-refractivity contribution is 0.649. The quantitative estimate of drug-likeness (QED) is 0.180. The first-order valence-corrected chi connectivity index (χ1v) is 20.0. The van der Waals surface area contributed by atoms with E-state index in [1.54, 1.807) is 11.8 Å². The average Bonchev–Trinajstić information content (AvgIpc) is 3.82. The highest BCUT2D eigenvalue weighted by atomic mass is 32.2. The number of nitrogens with zero attached hydrogens (tertiary/aromatic N) is 3. The summed E-state index contributed by atoms with van der Waals surface area (Å²) in [7, 11) is 0. The number of aromatic nitrogens is 3. The number of para-hydroxylation sites is 1. The Kier molecular flexibility index (Phi) is 7.04. The van der Waals surface area contributed by atoms with E-state index in [1.165, 1.54) is 38.3 Å². The van der Waals surface area contributed by atoms with Crippen LogP contribution in [0.1, 0.15) is 22.3 Å². The van der Waals surface area contributed by atoms with Crippen molar-refractivity contribution < 1.29 is 4.42 Å². The Morgan fingerprint density at radius 3 is 1.56 bits per heavy atom. The number of hydrogen-bond acceptors (Lipinski definition) is 5. The number of hydrogen-bond donors (Lipinski definition) is 0. The summed E-state index contributed by atoms with van der Waals surface area (Å²) in [6.07, 6.45) is 0. The summed E-state index contributed by atoms with van der Waals surface area (Å²) in [5, 5.41) is 2.10. The molecule has 10 aromatic rings. The Morgan fingerprint density at radius 1 is 0.351 bits per heavy atom. The topological polar surface area (TPSA) is 51.8 Å². The highest BCUT2D eigenvalue weighted by molar-refractivity contribution is 7.99. The molecule has 2 aliphatic rings. The predicted octanol–water partition coefficient (Wildman–Crippen LogP) is 13.3. The highest BCUT2D eigenvalue weighted by Crippen LogP contribution is 2.63. The van der Waals surface area contributed by atoms with Crippen LogP contribution in [0.15, 0.2) is 202 Å². The van der Waals surface area contributed by atoms with Gasteiger partial charge >= 0.3 is 0 Å². The van der Waals surface area contributed by atoms with E-state index in [2.05, 4.69) is 152 Å². The molecule has 5 heteroatoms. The van der Waals surface area contributed by atoms with Crippen molar-refractivity contribution in [3.8, 4) is 56.4 Å². The summed E-state index contributed by atoms with van der Waals surface area (Å²) in [5.74, 6) is 1.79. The number of rotatable bonds is 4. The van der Waals surface area contributed by atoms with Crippen LogP contribution in [0.2, 0.25) is 0 Å². The second-order valence-electron chi connectivity index (χ2n) is 14.7. The summed E-state index contributed by atoms with van der Waals surface area (Å²) in [6.45, 7) is 0. The third-order valence-corrected chi connectivity index (χ3v) is 12.8. The van der Waals surface area contributed by atoms with Crippen molar-refractivity contribution in [2.45, 2.75) is 15.2 Å². The molecule has 1 aliphatic carbocycles. The van der Waals surface area contributed by atoms with Gasteiger partial charge < -0.3 is 4.42 Å². The molecule has 0 N–H and O–H groups in total. The SMILES string of the molecule is c1ccc(-c2ccc(-c3nc(-c4ccccc4)nc(-c4cccc5c4oc4c6c(ccc45)C4(c5ccccc5S6)c5ccccc5-c5ccccc54)n3)cc2)cc1. The van der Waals surface area contributed by atoms with Crippen LogP contribution in [0.4, 0.5) is 0 Å². The van der Waals surface area contributed by atoms with Gasteiger partial charge in [0, 0.05) is 26.8 Å². The van der Waals surface area contributed by atoms with Gasteiger partial charge in [0.2, 0.25) is 0 Å². The third-order valence-electron chi connectivity index (χ3n) is 11.6. The zero-order valence-corrected chi connectivity index (χ0v) is 31.4. The van der Waals surface area contributed by atoms with Crippen LogP contribution in [0.5, 0.6) is 0 Å². The minimum absolute atomic E-state index is 0.482. The molecule has 0 saturated carbocycles. The molecule has 0 radical (unpaired) electrons. The van der Waals surface area contributed by atoms with Gasteiger partial charge in [0.25, 0.3) is 0 Å². The normalized spacial score (nSPS) is 13.3. The summed E-state index contributed by atoms with van der Waals surface area (Å²) in [5.41, 5.74) is 13.8. The van der Waals surface area contributed by atoms with Crippen LogP contribution in [-0.2, 0) is 5.41 Å². The molecule has 3 heterocycles. The molecule has 1 aliphatic heterocycles. The van der Waals surface area contributed by atoms with E-state index in [0.717, 1.165) is 54.7 Å². The Hall–Kier alpha value is -7.08. The molecule has 12 rings (SSSR count). The van der Waals surface area contributed by atoms with Crippen molar-refractivity contribution in [3.05, 3.63) is 210 Å². The van der Waals surface area contributed by atoms with Crippen molar-refractivity contribution in [1.82, 2.24) is 15.0 Å². The predicted molar refractivity (Wildman–Crippen MR) is 230 cm³/mol. The van der Waals surface area contributed by atoms with E-state index >= 15 is 0 Å². The monoisotopic (exact) mass is 745 g/mol. The van der Waals surface area contributed by atoms with Crippen molar-refractivity contribution in [1.29, 1.82) is 0 Å². The van der Waals surface area contributed by atoms with Gasteiger partial charge in [-0.15, -0.1) is 0 Å². The van der Waals surface area contributed by atoms with E-state index in [-0.39, 0.29) is 0 Å². The van der Waals surface area contributed by atoms with Crippen molar-refractivity contribution in [3.63, 3.8) is 0 Å². The van der Waals surface area contributed by atoms with E-state index in [4.69, 9.17) is 19.4 Å². The van der Waals surface area contributed by atoms with Gasteiger partial charge in [-0.25, -0.2) is 15.0 Å². The van der Waals surface area contributed by atoms with Crippen LogP contribution in [0.3, 0.4) is 0 Å². The standard InChI is InChI=1S/C52H31N3OS/c1-3-14-32(15-4-1)33-26-28-35(29-27-33)50-53-49(34-16-5-2-6-17-34)54-51(55-50)40-21-13-20-38-39-30-31-44-48(47(39)56-46(38)40)57-45-25-12-11-24-43(45)52(44)41-22-9-7-18-36(41)37-19-8-10-23-42(37)52/h1-31H. The third kappa shape index (κ3) is 4.73. The van der Waals surface area contributed by atoms with Crippen molar-refractivity contribution >= 4 is 33.7 Å². The van der Waals surface area contributed by atoms with Gasteiger partial charge in [0.1, 0.15) is 11.2 Å². The molecule has 4 nitrogen and oxygen atoms in total. The zero-order valence-electron chi connectivity index (χ0n) is 30.6. The number of fused-ring (bicyclic) bond motifs is 13. The fourth-order valence-electron chi connectivity index (χ4n) is 9.13. The highest BCUT2D eigenvalue weighted by Gasteiger charge is 2.50. The average molecular weight is 746 g/mol. The Balaban J connectivity index is 1.08. The van der Waals surface area contributed by atoms with Gasteiger partial charge in [-0.1, -0.05) is 188 Å². The Bertz CT molecular complexity index is 3160. The van der Waals surface area contributed by atoms with Gasteiger partial charge in [-0.3, -0.25) is 0 Å². The minimum Gasteiger partial charge on any atom is -0.454 e. The lowest BCUT2D eigenvalue weighted by Crippen LogP contribution is -2.31. The Labute approximate surface area is 333 Å². The second kappa shape index (κ2) is 12.5. The molecule has 1 spiro atoms. The zero-order chi connectivity index (χ0) is 37.5. The Morgan fingerprint density at radius 2 is 0.860 bits per heavy atom. The number of furan rings is 1. The summed E-state index contributed by atoms with van der Waals surface area (Å²) < 4.78 is 7.16. The maximum Gasteiger partial charge on any atom is 0.167 e.